The molecule has 1 heterocycles. The van der Waals surface area contributed by atoms with Crippen LogP contribution in [0.1, 0.15) is 39.2 Å². The number of sulfonamides is 1. The van der Waals surface area contributed by atoms with Gasteiger partial charge in [0.2, 0.25) is 0 Å². The molecule has 6 nitrogen and oxygen atoms in total. The fourth-order valence-electron chi connectivity index (χ4n) is 3.59. The molecule has 0 spiro atoms. The SMILES string of the molecule is CCc1ccc(N(CC(C)C)S(=O)(=O)c2ccc(NC3CCOCC3)c(N)c2)cc1. The van der Waals surface area contributed by atoms with Crippen LogP contribution in [0.25, 0.3) is 0 Å². The van der Waals surface area contributed by atoms with Crippen LogP contribution < -0.4 is 15.4 Å². The van der Waals surface area contributed by atoms with Gasteiger partial charge in [0.05, 0.1) is 22.0 Å². The zero-order valence-electron chi connectivity index (χ0n) is 18.1. The van der Waals surface area contributed by atoms with Crippen molar-refractivity contribution in [2.45, 2.75) is 51.0 Å². The molecular formula is C23H33N3O3S. The first-order valence-corrected chi connectivity index (χ1v) is 12.1. The summed E-state index contributed by atoms with van der Waals surface area (Å²) in [4.78, 5) is 0.206. The topological polar surface area (TPSA) is 84.7 Å². The number of hydrogen-bond acceptors (Lipinski definition) is 5. The van der Waals surface area contributed by atoms with Crippen molar-refractivity contribution in [2.75, 3.05) is 35.1 Å². The number of aryl methyl sites for hydroxylation is 1. The second-order valence-electron chi connectivity index (χ2n) is 8.23. The summed E-state index contributed by atoms with van der Waals surface area (Å²) in [5, 5.41) is 3.42. The summed E-state index contributed by atoms with van der Waals surface area (Å²) >= 11 is 0. The van der Waals surface area contributed by atoms with Gasteiger partial charge in [-0.05, 0) is 61.1 Å². The predicted octanol–water partition coefficient (Wildman–Crippen LogP) is 4.27. The Balaban J connectivity index is 1.88. The van der Waals surface area contributed by atoms with E-state index in [1.54, 1.807) is 18.2 Å². The first-order chi connectivity index (χ1) is 14.3. The van der Waals surface area contributed by atoms with Crippen LogP contribution >= 0.6 is 0 Å². The molecule has 0 atom stereocenters. The van der Waals surface area contributed by atoms with E-state index >= 15 is 0 Å². The zero-order chi connectivity index (χ0) is 21.7. The Morgan fingerprint density at radius 2 is 1.80 bits per heavy atom. The maximum absolute atomic E-state index is 13.5. The van der Waals surface area contributed by atoms with Crippen LogP contribution in [0.5, 0.6) is 0 Å². The maximum atomic E-state index is 13.5. The average molecular weight is 432 g/mol. The molecule has 0 bridgehead atoms. The van der Waals surface area contributed by atoms with Gasteiger partial charge < -0.3 is 15.8 Å². The van der Waals surface area contributed by atoms with Gasteiger partial charge in [0.15, 0.2) is 0 Å². The van der Waals surface area contributed by atoms with E-state index in [1.165, 1.54) is 9.87 Å². The van der Waals surface area contributed by atoms with Crippen LogP contribution in [0, 0.1) is 5.92 Å². The van der Waals surface area contributed by atoms with Crippen molar-refractivity contribution in [2.24, 2.45) is 5.92 Å². The van der Waals surface area contributed by atoms with Crippen LogP contribution in [0.3, 0.4) is 0 Å². The lowest BCUT2D eigenvalue weighted by atomic mass is 10.1. The van der Waals surface area contributed by atoms with Gasteiger partial charge in [-0.2, -0.15) is 0 Å². The van der Waals surface area contributed by atoms with Gasteiger partial charge in [-0.1, -0.05) is 32.9 Å². The summed E-state index contributed by atoms with van der Waals surface area (Å²) in [7, 11) is -3.74. The number of nitrogens with zero attached hydrogens (tertiary/aromatic N) is 1. The van der Waals surface area contributed by atoms with Gasteiger partial charge in [0, 0.05) is 25.8 Å². The molecule has 7 heteroatoms. The minimum absolute atomic E-state index is 0.178. The lowest BCUT2D eigenvalue weighted by Crippen LogP contribution is -2.34. The highest BCUT2D eigenvalue weighted by Crippen LogP contribution is 2.30. The molecule has 3 rings (SSSR count). The third-order valence-electron chi connectivity index (χ3n) is 5.36. The molecular weight excluding hydrogens is 398 g/mol. The maximum Gasteiger partial charge on any atom is 0.264 e. The predicted molar refractivity (Wildman–Crippen MR) is 124 cm³/mol. The van der Waals surface area contributed by atoms with E-state index in [4.69, 9.17) is 10.5 Å². The van der Waals surface area contributed by atoms with Gasteiger partial charge in [0.1, 0.15) is 0 Å². The summed E-state index contributed by atoms with van der Waals surface area (Å²) < 4.78 is 33.9. The van der Waals surface area contributed by atoms with Crippen molar-refractivity contribution in [3.8, 4) is 0 Å². The first kappa shape index (κ1) is 22.4. The molecule has 30 heavy (non-hydrogen) atoms. The Labute approximate surface area is 180 Å². The smallest absolute Gasteiger partial charge is 0.264 e. The second kappa shape index (κ2) is 9.71. The molecule has 0 saturated carbocycles. The highest BCUT2D eigenvalue weighted by Gasteiger charge is 2.26. The van der Waals surface area contributed by atoms with Crippen molar-refractivity contribution in [1.29, 1.82) is 0 Å². The third kappa shape index (κ3) is 5.26. The molecule has 0 aromatic heterocycles. The van der Waals surface area contributed by atoms with Crippen molar-refractivity contribution in [1.82, 2.24) is 0 Å². The number of nitrogens with two attached hydrogens (primary N) is 1. The van der Waals surface area contributed by atoms with Crippen LogP contribution in [-0.2, 0) is 21.2 Å². The molecule has 2 aromatic rings. The average Bonchev–Trinajstić information content (AvgIpc) is 2.74. The van der Waals surface area contributed by atoms with Crippen LogP contribution in [-0.4, -0.2) is 34.2 Å². The molecule has 0 aliphatic carbocycles. The summed E-state index contributed by atoms with van der Waals surface area (Å²) in [5.41, 5.74) is 9.29. The van der Waals surface area contributed by atoms with Crippen LogP contribution in [0.4, 0.5) is 17.1 Å². The standard InChI is InChI=1S/C23H33N3O3S/c1-4-18-5-7-20(8-6-18)26(16-17(2)3)30(27,28)21-9-10-23(22(24)15-21)25-19-11-13-29-14-12-19/h5-10,15,17,19,25H,4,11-14,16,24H2,1-3H3. The highest BCUT2D eigenvalue weighted by atomic mass is 32.2. The summed E-state index contributed by atoms with van der Waals surface area (Å²) in [6, 6.07) is 13.0. The van der Waals surface area contributed by atoms with Gasteiger partial charge >= 0.3 is 0 Å². The van der Waals surface area contributed by atoms with Gasteiger partial charge in [-0.15, -0.1) is 0 Å². The number of hydrogen-bond donors (Lipinski definition) is 2. The van der Waals surface area contributed by atoms with E-state index in [-0.39, 0.29) is 16.9 Å². The Hall–Kier alpha value is -2.25. The molecule has 1 aliphatic rings. The lowest BCUT2D eigenvalue weighted by molar-refractivity contribution is 0.0904. The number of benzene rings is 2. The number of ether oxygens (including phenoxy) is 1. The van der Waals surface area contributed by atoms with Crippen molar-refractivity contribution in [3.63, 3.8) is 0 Å². The fourth-order valence-corrected chi connectivity index (χ4v) is 5.26. The molecule has 164 valence electrons. The van der Waals surface area contributed by atoms with Crippen molar-refractivity contribution >= 4 is 27.1 Å². The van der Waals surface area contributed by atoms with E-state index in [9.17, 15) is 8.42 Å². The van der Waals surface area contributed by atoms with E-state index in [0.29, 0.717) is 17.9 Å². The zero-order valence-corrected chi connectivity index (χ0v) is 18.9. The second-order valence-corrected chi connectivity index (χ2v) is 10.1. The lowest BCUT2D eigenvalue weighted by Gasteiger charge is -2.27. The Bertz CT molecular complexity index is 937. The van der Waals surface area contributed by atoms with E-state index in [0.717, 1.165) is 38.2 Å². The molecule has 0 amide bonds. The van der Waals surface area contributed by atoms with E-state index in [1.807, 2.05) is 38.1 Å². The molecule has 0 unspecified atom stereocenters. The largest absolute Gasteiger partial charge is 0.397 e. The summed E-state index contributed by atoms with van der Waals surface area (Å²) in [5.74, 6) is 0.178. The first-order valence-electron chi connectivity index (χ1n) is 10.7. The van der Waals surface area contributed by atoms with Crippen molar-refractivity contribution in [3.05, 3.63) is 48.0 Å². The number of anilines is 3. The fraction of sp³-hybridized carbons (Fsp3) is 0.478. The monoisotopic (exact) mass is 431 g/mol. The Kier molecular flexibility index (Phi) is 7.26. The number of rotatable bonds is 8. The van der Waals surface area contributed by atoms with Gasteiger partial charge in [0.25, 0.3) is 10.0 Å². The van der Waals surface area contributed by atoms with Gasteiger partial charge in [-0.25, -0.2) is 8.42 Å². The molecule has 0 radical (unpaired) electrons. The molecule has 1 aliphatic heterocycles. The molecule has 1 fully saturated rings. The van der Waals surface area contributed by atoms with E-state index in [2.05, 4.69) is 12.2 Å². The number of nitrogen functional groups attached to an aromatic ring is 1. The third-order valence-corrected chi connectivity index (χ3v) is 7.15. The summed E-state index contributed by atoms with van der Waals surface area (Å²) in [6.07, 6.45) is 2.74. The molecule has 1 saturated heterocycles. The van der Waals surface area contributed by atoms with Crippen molar-refractivity contribution < 1.29 is 13.2 Å². The normalized spacial score (nSPS) is 15.3. The molecule has 3 N–H and O–H groups in total. The van der Waals surface area contributed by atoms with Crippen LogP contribution in [0.2, 0.25) is 0 Å². The quantitative estimate of drug-likeness (QED) is 0.610. The van der Waals surface area contributed by atoms with Crippen LogP contribution in [0.15, 0.2) is 47.4 Å². The molecule has 2 aromatic carbocycles. The minimum Gasteiger partial charge on any atom is -0.397 e. The van der Waals surface area contributed by atoms with Gasteiger partial charge in [-0.3, -0.25) is 4.31 Å². The number of nitrogens with one attached hydrogen (secondary N) is 1. The Morgan fingerprint density at radius 1 is 1.13 bits per heavy atom. The minimum atomic E-state index is -3.74. The highest BCUT2D eigenvalue weighted by molar-refractivity contribution is 7.92. The summed E-state index contributed by atoms with van der Waals surface area (Å²) in [6.45, 7) is 7.96. The van der Waals surface area contributed by atoms with E-state index < -0.39 is 10.0 Å². The Morgan fingerprint density at radius 3 is 2.37 bits per heavy atom.